The lowest BCUT2D eigenvalue weighted by atomic mass is 10.00. The molecule has 0 saturated carbocycles. The van der Waals surface area contributed by atoms with Gasteiger partial charge in [-0.3, -0.25) is 0 Å². The van der Waals surface area contributed by atoms with Gasteiger partial charge in [0.15, 0.2) is 0 Å². The van der Waals surface area contributed by atoms with E-state index in [9.17, 15) is 0 Å². The molecule has 2 fully saturated rings. The summed E-state index contributed by atoms with van der Waals surface area (Å²) < 4.78 is 0. The van der Waals surface area contributed by atoms with Gasteiger partial charge in [0.1, 0.15) is 5.82 Å². The Hall–Kier alpha value is -1.13. The standard InChI is InChI=1S/C17H28N4/c1-18-14-15-5-8-19-17(13-15)21-11-6-16(7-12-21)20-9-3-2-4-10-20/h5,8,13,16,18H,2-4,6-7,9-12,14H2,1H3. The minimum Gasteiger partial charge on any atom is -0.356 e. The number of anilines is 1. The summed E-state index contributed by atoms with van der Waals surface area (Å²) in [6.45, 7) is 5.86. The Bertz CT molecular complexity index is 434. The first-order chi connectivity index (χ1) is 10.4. The Kier molecular flexibility index (Phi) is 5.09. The fraction of sp³-hybridized carbons (Fsp3) is 0.706. The predicted octanol–water partition coefficient (Wildman–Crippen LogP) is 2.26. The average molecular weight is 288 g/mol. The zero-order chi connectivity index (χ0) is 14.5. The van der Waals surface area contributed by atoms with E-state index >= 15 is 0 Å². The third kappa shape index (κ3) is 3.74. The summed E-state index contributed by atoms with van der Waals surface area (Å²) in [4.78, 5) is 9.75. The van der Waals surface area contributed by atoms with Crippen LogP contribution in [0.3, 0.4) is 0 Å². The minimum absolute atomic E-state index is 0.807. The number of likely N-dealkylation sites (tertiary alicyclic amines) is 1. The molecule has 2 aliphatic heterocycles. The maximum absolute atomic E-state index is 4.57. The topological polar surface area (TPSA) is 31.4 Å². The van der Waals surface area contributed by atoms with Crippen molar-refractivity contribution in [1.29, 1.82) is 0 Å². The number of hydrogen-bond donors (Lipinski definition) is 1. The van der Waals surface area contributed by atoms with Gasteiger partial charge in [-0.15, -0.1) is 0 Å². The summed E-state index contributed by atoms with van der Waals surface area (Å²) in [5, 5.41) is 3.21. The summed E-state index contributed by atoms with van der Waals surface area (Å²) in [6.07, 6.45) is 8.74. The van der Waals surface area contributed by atoms with Crippen LogP contribution in [0, 0.1) is 0 Å². The van der Waals surface area contributed by atoms with E-state index in [0.717, 1.165) is 31.5 Å². The third-order valence-electron chi connectivity index (χ3n) is 4.89. The number of pyridine rings is 1. The van der Waals surface area contributed by atoms with E-state index in [1.165, 1.54) is 50.8 Å². The van der Waals surface area contributed by atoms with Crippen molar-refractivity contribution in [3.63, 3.8) is 0 Å². The van der Waals surface area contributed by atoms with Gasteiger partial charge in [0.2, 0.25) is 0 Å². The van der Waals surface area contributed by atoms with Crippen LogP contribution < -0.4 is 10.2 Å². The minimum atomic E-state index is 0.807. The van der Waals surface area contributed by atoms with Crippen molar-refractivity contribution in [1.82, 2.24) is 15.2 Å². The van der Waals surface area contributed by atoms with Crippen molar-refractivity contribution in [2.75, 3.05) is 38.1 Å². The fourth-order valence-electron chi connectivity index (χ4n) is 3.69. The van der Waals surface area contributed by atoms with Crippen LogP contribution in [0.4, 0.5) is 5.82 Å². The highest BCUT2D eigenvalue weighted by Gasteiger charge is 2.25. The average Bonchev–Trinajstić information content (AvgIpc) is 2.56. The van der Waals surface area contributed by atoms with E-state index in [0.29, 0.717) is 0 Å². The summed E-state index contributed by atoms with van der Waals surface area (Å²) in [5.74, 6) is 1.15. The van der Waals surface area contributed by atoms with Crippen molar-refractivity contribution in [3.8, 4) is 0 Å². The highest BCUT2D eigenvalue weighted by Crippen LogP contribution is 2.24. The molecule has 21 heavy (non-hydrogen) atoms. The zero-order valence-corrected chi connectivity index (χ0v) is 13.2. The molecule has 0 radical (unpaired) electrons. The van der Waals surface area contributed by atoms with Crippen LogP contribution in [0.25, 0.3) is 0 Å². The second kappa shape index (κ2) is 7.23. The van der Waals surface area contributed by atoms with Crippen LogP contribution >= 0.6 is 0 Å². The van der Waals surface area contributed by atoms with Gasteiger partial charge in [0, 0.05) is 31.9 Å². The lowest BCUT2D eigenvalue weighted by Crippen LogP contribution is -2.46. The van der Waals surface area contributed by atoms with Gasteiger partial charge in [-0.25, -0.2) is 4.98 Å². The van der Waals surface area contributed by atoms with Crippen LogP contribution in [0.2, 0.25) is 0 Å². The van der Waals surface area contributed by atoms with Crippen LogP contribution in [-0.4, -0.2) is 49.2 Å². The fourth-order valence-corrected chi connectivity index (χ4v) is 3.69. The molecule has 2 aliphatic rings. The molecular weight excluding hydrogens is 260 g/mol. The lowest BCUT2D eigenvalue weighted by Gasteiger charge is -2.40. The number of hydrogen-bond acceptors (Lipinski definition) is 4. The molecule has 1 aromatic rings. The van der Waals surface area contributed by atoms with E-state index in [1.54, 1.807) is 0 Å². The molecule has 0 atom stereocenters. The second-order valence-corrected chi connectivity index (χ2v) is 6.37. The smallest absolute Gasteiger partial charge is 0.128 e. The molecule has 0 spiro atoms. The molecule has 1 N–H and O–H groups in total. The Balaban J connectivity index is 1.56. The van der Waals surface area contributed by atoms with Crippen molar-refractivity contribution in [3.05, 3.63) is 23.9 Å². The number of nitrogens with zero attached hydrogens (tertiary/aromatic N) is 3. The van der Waals surface area contributed by atoms with Crippen LogP contribution in [-0.2, 0) is 6.54 Å². The number of piperidine rings is 2. The van der Waals surface area contributed by atoms with Crippen LogP contribution in [0.15, 0.2) is 18.3 Å². The summed E-state index contributed by atoms with van der Waals surface area (Å²) in [6, 6.07) is 5.14. The monoisotopic (exact) mass is 288 g/mol. The molecule has 1 aromatic heterocycles. The molecule has 116 valence electrons. The number of rotatable bonds is 4. The molecule has 0 aliphatic carbocycles. The van der Waals surface area contributed by atoms with Crippen molar-refractivity contribution >= 4 is 5.82 Å². The molecule has 0 amide bonds. The van der Waals surface area contributed by atoms with Gasteiger partial charge in [0.25, 0.3) is 0 Å². The normalized spacial score (nSPS) is 21.7. The van der Waals surface area contributed by atoms with Crippen LogP contribution in [0.1, 0.15) is 37.7 Å². The Morgan fingerprint density at radius 2 is 1.90 bits per heavy atom. The van der Waals surface area contributed by atoms with Gasteiger partial charge in [-0.05, 0) is 63.5 Å². The number of nitrogens with one attached hydrogen (secondary N) is 1. The molecule has 4 heteroatoms. The van der Waals surface area contributed by atoms with E-state index in [-0.39, 0.29) is 0 Å². The largest absolute Gasteiger partial charge is 0.356 e. The van der Waals surface area contributed by atoms with E-state index in [1.807, 2.05) is 13.2 Å². The summed E-state index contributed by atoms with van der Waals surface area (Å²) in [5.41, 5.74) is 1.32. The maximum atomic E-state index is 4.57. The van der Waals surface area contributed by atoms with Gasteiger partial charge in [-0.1, -0.05) is 6.42 Å². The summed E-state index contributed by atoms with van der Waals surface area (Å²) >= 11 is 0. The molecule has 0 aromatic carbocycles. The maximum Gasteiger partial charge on any atom is 0.128 e. The van der Waals surface area contributed by atoms with Gasteiger partial charge in [-0.2, -0.15) is 0 Å². The molecule has 3 heterocycles. The quantitative estimate of drug-likeness (QED) is 0.921. The molecule has 0 unspecified atom stereocenters. The molecule has 2 saturated heterocycles. The SMILES string of the molecule is CNCc1ccnc(N2CCC(N3CCCCC3)CC2)c1. The van der Waals surface area contributed by atoms with Crippen molar-refractivity contribution < 1.29 is 0 Å². The van der Waals surface area contributed by atoms with E-state index in [2.05, 4.69) is 32.2 Å². The van der Waals surface area contributed by atoms with Gasteiger partial charge < -0.3 is 15.1 Å². The highest BCUT2D eigenvalue weighted by molar-refractivity contribution is 5.41. The van der Waals surface area contributed by atoms with E-state index < -0.39 is 0 Å². The van der Waals surface area contributed by atoms with Gasteiger partial charge >= 0.3 is 0 Å². The lowest BCUT2D eigenvalue weighted by molar-refractivity contribution is 0.141. The Morgan fingerprint density at radius 3 is 2.62 bits per heavy atom. The first-order valence-corrected chi connectivity index (χ1v) is 8.45. The Labute approximate surface area is 128 Å². The van der Waals surface area contributed by atoms with Crippen LogP contribution in [0.5, 0.6) is 0 Å². The molecule has 4 nitrogen and oxygen atoms in total. The molecule has 0 bridgehead atoms. The predicted molar refractivity (Wildman–Crippen MR) is 87.7 cm³/mol. The summed E-state index contributed by atoms with van der Waals surface area (Å²) in [7, 11) is 1.99. The highest BCUT2D eigenvalue weighted by atomic mass is 15.2. The zero-order valence-electron chi connectivity index (χ0n) is 13.2. The van der Waals surface area contributed by atoms with E-state index in [4.69, 9.17) is 0 Å². The first kappa shape index (κ1) is 14.8. The Morgan fingerprint density at radius 1 is 1.14 bits per heavy atom. The molecule has 3 rings (SSSR count). The molecular formula is C17H28N4. The third-order valence-corrected chi connectivity index (χ3v) is 4.89. The number of aromatic nitrogens is 1. The second-order valence-electron chi connectivity index (χ2n) is 6.37. The van der Waals surface area contributed by atoms with Crippen molar-refractivity contribution in [2.45, 2.75) is 44.7 Å². The van der Waals surface area contributed by atoms with Gasteiger partial charge in [0.05, 0.1) is 0 Å². The first-order valence-electron chi connectivity index (χ1n) is 8.45. The van der Waals surface area contributed by atoms with Crippen molar-refractivity contribution in [2.24, 2.45) is 0 Å².